The van der Waals surface area contributed by atoms with E-state index in [2.05, 4.69) is 47.4 Å². The number of aliphatic hydroxyl groups excluding tert-OH is 1. The van der Waals surface area contributed by atoms with Crippen molar-refractivity contribution in [2.45, 2.75) is 12.6 Å². The molecule has 3 heteroatoms. The molecule has 0 fully saturated rings. The molecule has 0 aliphatic rings. The van der Waals surface area contributed by atoms with Gasteiger partial charge in [0.1, 0.15) is 0 Å². The lowest BCUT2D eigenvalue weighted by molar-refractivity contribution is 0.174. The molecule has 0 saturated carbocycles. The van der Waals surface area contributed by atoms with Crippen LogP contribution in [0, 0.1) is 0 Å². The molecule has 108 valence electrons. The third-order valence-corrected chi connectivity index (χ3v) is 3.82. The summed E-state index contributed by atoms with van der Waals surface area (Å²) in [5.41, 5.74) is 3.44. The second kappa shape index (κ2) is 6.12. The summed E-state index contributed by atoms with van der Waals surface area (Å²) in [6.07, 6.45) is 1.67. The molecule has 0 amide bonds. The monoisotopic (exact) mass is 280 g/mol. The highest BCUT2D eigenvalue weighted by Crippen LogP contribution is 2.20. The molecule has 1 unspecified atom stereocenters. The molecule has 3 aromatic rings. The van der Waals surface area contributed by atoms with Crippen molar-refractivity contribution in [3.05, 3.63) is 71.9 Å². The van der Waals surface area contributed by atoms with Crippen LogP contribution in [0.5, 0.6) is 0 Å². The molecule has 0 bridgehead atoms. The molecule has 0 saturated heterocycles. The molecule has 1 aromatic heterocycles. The zero-order chi connectivity index (χ0) is 14.7. The second-order valence-electron chi connectivity index (χ2n) is 5.34. The lowest BCUT2D eigenvalue weighted by Gasteiger charge is -2.11. The minimum absolute atomic E-state index is 0.471. The van der Waals surface area contributed by atoms with Crippen LogP contribution in [0.15, 0.2) is 60.8 Å². The highest BCUT2D eigenvalue weighted by Gasteiger charge is 2.08. The van der Waals surface area contributed by atoms with Gasteiger partial charge >= 0.3 is 0 Å². The Labute approximate surface area is 124 Å². The van der Waals surface area contributed by atoms with Crippen molar-refractivity contribution in [2.75, 3.05) is 6.54 Å². The van der Waals surface area contributed by atoms with Crippen LogP contribution in [0.25, 0.3) is 10.9 Å². The molecule has 21 heavy (non-hydrogen) atoms. The van der Waals surface area contributed by atoms with Gasteiger partial charge in [0.05, 0.1) is 6.10 Å². The number of nitrogens with zero attached hydrogens (tertiary/aromatic N) is 1. The third kappa shape index (κ3) is 2.99. The zero-order valence-electron chi connectivity index (χ0n) is 12.2. The standard InChI is InChI=1S/C18H20N2O/c1-20-13-15(16-9-5-6-10-17(16)20)11-19-12-18(21)14-7-3-2-4-8-14/h2-10,13,18-19,21H,11-12H2,1H3. The van der Waals surface area contributed by atoms with E-state index in [4.69, 9.17) is 0 Å². The molecule has 1 heterocycles. The highest BCUT2D eigenvalue weighted by molar-refractivity contribution is 5.83. The van der Waals surface area contributed by atoms with Crippen molar-refractivity contribution in [3.8, 4) is 0 Å². The van der Waals surface area contributed by atoms with E-state index in [1.165, 1.54) is 16.5 Å². The van der Waals surface area contributed by atoms with Crippen LogP contribution >= 0.6 is 0 Å². The average molecular weight is 280 g/mol. The first-order chi connectivity index (χ1) is 10.3. The molecular weight excluding hydrogens is 260 g/mol. The Balaban J connectivity index is 1.65. The maximum absolute atomic E-state index is 10.1. The van der Waals surface area contributed by atoms with Crippen LogP contribution in [-0.4, -0.2) is 16.2 Å². The van der Waals surface area contributed by atoms with Crippen LogP contribution in [-0.2, 0) is 13.6 Å². The number of aliphatic hydroxyl groups is 1. The van der Waals surface area contributed by atoms with E-state index in [9.17, 15) is 5.11 Å². The Bertz CT molecular complexity index is 718. The Morgan fingerprint density at radius 2 is 1.76 bits per heavy atom. The van der Waals surface area contributed by atoms with Crippen molar-refractivity contribution in [1.29, 1.82) is 0 Å². The largest absolute Gasteiger partial charge is 0.387 e. The maximum atomic E-state index is 10.1. The van der Waals surface area contributed by atoms with Crippen LogP contribution in [0.4, 0.5) is 0 Å². The first-order valence-corrected chi connectivity index (χ1v) is 7.22. The number of para-hydroxylation sites is 1. The second-order valence-corrected chi connectivity index (χ2v) is 5.34. The molecule has 0 aliphatic heterocycles. The number of hydrogen-bond donors (Lipinski definition) is 2. The molecule has 1 atom stereocenters. The fraction of sp³-hybridized carbons (Fsp3) is 0.222. The third-order valence-electron chi connectivity index (χ3n) is 3.82. The van der Waals surface area contributed by atoms with Crippen LogP contribution in [0.3, 0.4) is 0 Å². The summed E-state index contributed by atoms with van der Waals surface area (Å²) >= 11 is 0. The van der Waals surface area contributed by atoms with Gasteiger partial charge in [-0.25, -0.2) is 0 Å². The average Bonchev–Trinajstić information content (AvgIpc) is 2.85. The summed E-state index contributed by atoms with van der Waals surface area (Å²) in [5, 5.41) is 14.8. The predicted octanol–water partition coefficient (Wildman–Crippen LogP) is 3.00. The van der Waals surface area contributed by atoms with Crippen LogP contribution in [0.1, 0.15) is 17.2 Å². The van der Waals surface area contributed by atoms with E-state index in [1.807, 2.05) is 30.3 Å². The number of aryl methyl sites for hydroxylation is 1. The number of hydrogen-bond acceptors (Lipinski definition) is 2. The quantitative estimate of drug-likeness (QED) is 0.754. The zero-order valence-corrected chi connectivity index (χ0v) is 12.2. The van der Waals surface area contributed by atoms with Crippen LogP contribution < -0.4 is 5.32 Å². The summed E-state index contributed by atoms with van der Waals surface area (Å²) in [5.74, 6) is 0. The van der Waals surface area contributed by atoms with Crippen molar-refractivity contribution in [1.82, 2.24) is 9.88 Å². The van der Waals surface area contributed by atoms with Crippen molar-refractivity contribution in [3.63, 3.8) is 0 Å². The van der Waals surface area contributed by atoms with Gasteiger partial charge in [-0.15, -0.1) is 0 Å². The van der Waals surface area contributed by atoms with Gasteiger partial charge in [-0.05, 0) is 17.2 Å². The summed E-state index contributed by atoms with van der Waals surface area (Å²) in [7, 11) is 2.06. The SMILES string of the molecule is Cn1cc(CNCC(O)c2ccccc2)c2ccccc21. The Morgan fingerprint density at radius 3 is 2.57 bits per heavy atom. The fourth-order valence-corrected chi connectivity index (χ4v) is 2.70. The van der Waals surface area contributed by atoms with E-state index in [1.54, 1.807) is 0 Å². The minimum atomic E-state index is -0.471. The van der Waals surface area contributed by atoms with E-state index < -0.39 is 6.10 Å². The van der Waals surface area contributed by atoms with Gasteiger partial charge in [0.25, 0.3) is 0 Å². The topological polar surface area (TPSA) is 37.2 Å². The molecule has 0 aliphatic carbocycles. The number of aromatic nitrogens is 1. The molecule has 0 spiro atoms. The number of fused-ring (bicyclic) bond motifs is 1. The van der Waals surface area contributed by atoms with Crippen molar-refractivity contribution in [2.24, 2.45) is 7.05 Å². The molecule has 2 N–H and O–H groups in total. The van der Waals surface area contributed by atoms with Gasteiger partial charge in [0, 0.05) is 37.2 Å². The minimum Gasteiger partial charge on any atom is -0.387 e. The molecule has 3 rings (SSSR count). The van der Waals surface area contributed by atoms with Crippen molar-refractivity contribution < 1.29 is 5.11 Å². The lowest BCUT2D eigenvalue weighted by Crippen LogP contribution is -2.20. The van der Waals surface area contributed by atoms with Gasteiger partial charge in [-0.1, -0.05) is 48.5 Å². The first kappa shape index (κ1) is 13.9. The molecule has 3 nitrogen and oxygen atoms in total. The highest BCUT2D eigenvalue weighted by atomic mass is 16.3. The van der Waals surface area contributed by atoms with E-state index in [-0.39, 0.29) is 0 Å². The Kier molecular flexibility index (Phi) is 4.04. The number of benzene rings is 2. The molecular formula is C18H20N2O. The van der Waals surface area contributed by atoms with E-state index in [0.29, 0.717) is 6.54 Å². The maximum Gasteiger partial charge on any atom is 0.0914 e. The molecule has 0 radical (unpaired) electrons. The Hall–Kier alpha value is -2.10. The number of nitrogens with one attached hydrogen (secondary N) is 1. The van der Waals surface area contributed by atoms with Gasteiger partial charge in [0.2, 0.25) is 0 Å². The normalized spacial score (nSPS) is 12.7. The van der Waals surface area contributed by atoms with Crippen molar-refractivity contribution >= 4 is 10.9 Å². The number of rotatable bonds is 5. The smallest absolute Gasteiger partial charge is 0.0914 e. The van der Waals surface area contributed by atoms with Gasteiger partial charge in [-0.2, -0.15) is 0 Å². The molecule has 2 aromatic carbocycles. The fourth-order valence-electron chi connectivity index (χ4n) is 2.70. The van der Waals surface area contributed by atoms with Crippen LogP contribution in [0.2, 0.25) is 0 Å². The predicted molar refractivity (Wildman–Crippen MR) is 86.0 cm³/mol. The summed E-state index contributed by atoms with van der Waals surface area (Å²) in [6.45, 7) is 1.30. The lowest BCUT2D eigenvalue weighted by atomic mass is 10.1. The Morgan fingerprint density at radius 1 is 1.05 bits per heavy atom. The summed E-state index contributed by atoms with van der Waals surface area (Å²) in [4.78, 5) is 0. The van der Waals surface area contributed by atoms with Gasteiger partial charge in [0.15, 0.2) is 0 Å². The first-order valence-electron chi connectivity index (χ1n) is 7.22. The van der Waals surface area contributed by atoms with E-state index >= 15 is 0 Å². The van der Waals surface area contributed by atoms with E-state index in [0.717, 1.165) is 12.1 Å². The van der Waals surface area contributed by atoms with Gasteiger partial charge in [-0.3, -0.25) is 0 Å². The summed E-state index contributed by atoms with van der Waals surface area (Å²) < 4.78 is 2.14. The summed E-state index contributed by atoms with van der Waals surface area (Å²) in [6, 6.07) is 18.1. The van der Waals surface area contributed by atoms with Gasteiger partial charge < -0.3 is 15.0 Å².